The van der Waals surface area contributed by atoms with Crippen molar-refractivity contribution in [2.24, 2.45) is 0 Å². The number of nitrogens with zero attached hydrogens (tertiary/aromatic N) is 1. The van der Waals surface area contributed by atoms with Crippen molar-refractivity contribution in [2.75, 3.05) is 13.6 Å². The second kappa shape index (κ2) is 3.44. The van der Waals surface area contributed by atoms with Gasteiger partial charge in [0.1, 0.15) is 0 Å². The van der Waals surface area contributed by atoms with Crippen LogP contribution in [0.2, 0.25) is 0 Å². The highest BCUT2D eigenvalue weighted by Gasteiger charge is 2.25. The lowest BCUT2D eigenvalue weighted by atomic mass is 10.8. The summed E-state index contributed by atoms with van der Waals surface area (Å²) in [6.45, 7) is 2.89. The van der Waals surface area contributed by atoms with Crippen LogP contribution in [0.4, 0.5) is 0 Å². The van der Waals surface area contributed by atoms with Gasteiger partial charge in [0.05, 0.1) is 0 Å². The van der Waals surface area contributed by atoms with Crippen LogP contribution in [-0.2, 0) is 12.8 Å². The van der Waals surface area contributed by atoms with Crippen molar-refractivity contribution < 1.29 is 12.8 Å². The van der Waals surface area contributed by atoms with E-state index in [4.69, 9.17) is 12.8 Å². The third-order valence-corrected chi connectivity index (χ3v) is 4.92. The topological polar surface area (TPSA) is 30.9 Å². The zero-order valence-corrected chi connectivity index (χ0v) is 8.23. The minimum atomic E-state index is -1.59. The molecule has 0 aliphatic carbocycles. The molecule has 4 nitrogen and oxygen atoms in total. The first-order valence-corrected chi connectivity index (χ1v) is 5.51. The van der Waals surface area contributed by atoms with Gasteiger partial charge in [0.2, 0.25) is 0 Å². The van der Waals surface area contributed by atoms with Gasteiger partial charge >= 0.3 is 9.53 Å². The predicted octanol–water partition coefficient (Wildman–Crippen LogP) is -1.37. The van der Waals surface area contributed by atoms with Crippen LogP contribution in [0.25, 0.3) is 0 Å². The fourth-order valence-electron chi connectivity index (χ4n) is 0.406. The van der Waals surface area contributed by atoms with Crippen molar-refractivity contribution in [3.63, 3.8) is 0 Å². The Morgan fingerprint density at radius 2 is 2.33 bits per heavy atom. The standard InChI is InChI=1S/C3H11NO3Si2/c1-3-4(2)5-9-6-8-7-9/h9H,3,8H2,1-2H3. The van der Waals surface area contributed by atoms with Crippen molar-refractivity contribution in [3.8, 4) is 0 Å². The van der Waals surface area contributed by atoms with E-state index in [-0.39, 0.29) is 0 Å². The largest absolute Gasteiger partial charge is 0.482 e. The zero-order valence-electron chi connectivity index (χ0n) is 5.66. The van der Waals surface area contributed by atoms with E-state index in [1.54, 1.807) is 5.06 Å². The Bertz CT molecular complexity index is 86.4. The molecule has 1 aliphatic heterocycles. The second-order valence-electron chi connectivity index (χ2n) is 1.79. The molecule has 0 bridgehead atoms. The van der Waals surface area contributed by atoms with Gasteiger partial charge in [-0.15, -0.1) is 0 Å². The van der Waals surface area contributed by atoms with Gasteiger partial charge in [0, 0.05) is 13.6 Å². The van der Waals surface area contributed by atoms with Gasteiger partial charge in [-0.25, -0.2) is 5.06 Å². The normalized spacial score (nSPS) is 29.0. The monoisotopic (exact) mass is 165 g/mol. The highest BCUT2D eigenvalue weighted by molar-refractivity contribution is 6.59. The minimum absolute atomic E-state index is 0.583. The van der Waals surface area contributed by atoms with Gasteiger partial charge in [-0.1, -0.05) is 6.92 Å². The van der Waals surface area contributed by atoms with Gasteiger partial charge < -0.3 is 8.23 Å². The molecule has 9 heavy (non-hydrogen) atoms. The predicted molar refractivity (Wildman–Crippen MR) is 37.3 cm³/mol. The molecule has 1 heterocycles. The Hall–Kier alpha value is 0.274. The Morgan fingerprint density at radius 3 is 2.67 bits per heavy atom. The number of rotatable bonds is 3. The van der Waals surface area contributed by atoms with E-state index in [9.17, 15) is 0 Å². The molecule has 0 saturated carbocycles. The molecule has 0 aromatic carbocycles. The van der Waals surface area contributed by atoms with Gasteiger partial charge in [-0.3, -0.25) is 4.53 Å². The molecule has 1 aliphatic rings. The lowest BCUT2D eigenvalue weighted by Crippen LogP contribution is -2.45. The molecule has 0 radical (unpaired) electrons. The molecule has 1 fully saturated rings. The molecular weight excluding hydrogens is 154 g/mol. The Labute approximate surface area is 58.7 Å². The molecular formula is C3H11NO3Si2. The maximum Gasteiger partial charge on any atom is 0.482 e. The molecule has 54 valence electrons. The van der Waals surface area contributed by atoms with E-state index in [0.29, 0.717) is 0 Å². The molecule has 0 N–H and O–H groups in total. The summed E-state index contributed by atoms with van der Waals surface area (Å²) in [6, 6.07) is 0. The summed E-state index contributed by atoms with van der Waals surface area (Å²) < 4.78 is 15.4. The lowest BCUT2D eigenvalue weighted by molar-refractivity contribution is -0.0759. The molecule has 6 heteroatoms. The van der Waals surface area contributed by atoms with E-state index < -0.39 is 19.5 Å². The van der Waals surface area contributed by atoms with Crippen LogP contribution in [0.3, 0.4) is 0 Å². The zero-order chi connectivity index (χ0) is 6.69. The SMILES string of the molecule is CCN(C)O[SiH]1O[SiH2]O1. The molecule has 0 aromatic rings. The summed E-state index contributed by atoms with van der Waals surface area (Å²) >= 11 is 0. The first kappa shape index (κ1) is 7.38. The summed E-state index contributed by atoms with van der Waals surface area (Å²) in [5.74, 6) is 0. The molecule has 1 rings (SSSR count). The van der Waals surface area contributed by atoms with Crippen LogP contribution in [0.1, 0.15) is 6.92 Å². The minimum Gasteiger partial charge on any atom is -0.400 e. The van der Waals surface area contributed by atoms with Crippen molar-refractivity contribution in [1.29, 1.82) is 0 Å². The fourth-order valence-corrected chi connectivity index (χ4v) is 2.32. The summed E-state index contributed by atoms with van der Waals surface area (Å²) in [5.41, 5.74) is 0. The highest BCUT2D eigenvalue weighted by Crippen LogP contribution is 2.01. The van der Waals surface area contributed by atoms with Gasteiger partial charge in [-0.2, -0.15) is 0 Å². The van der Waals surface area contributed by atoms with Crippen molar-refractivity contribution in [3.05, 3.63) is 0 Å². The van der Waals surface area contributed by atoms with Crippen molar-refractivity contribution in [2.45, 2.75) is 6.92 Å². The smallest absolute Gasteiger partial charge is 0.400 e. The molecule has 0 aromatic heterocycles. The van der Waals surface area contributed by atoms with Crippen LogP contribution in [-0.4, -0.2) is 38.2 Å². The molecule has 0 amide bonds. The van der Waals surface area contributed by atoms with Gasteiger partial charge in [-0.05, 0) is 0 Å². The van der Waals surface area contributed by atoms with E-state index >= 15 is 0 Å². The third-order valence-electron chi connectivity index (χ3n) is 1.12. The maximum atomic E-state index is 5.20. The van der Waals surface area contributed by atoms with Crippen molar-refractivity contribution >= 4 is 19.5 Å². The van der Waals surface area contributed by atoms with Crippen LogP contribution in [0, 0.1) is 0 Å². The van der Waals surface area contributed by atoms with Crippen LogP contribution in [0.5, 0.6) is 0 Å². The van der Waals surface area contributed by atoms with Crippen LogP contribution < -0.4 is 0 Å². The second-order valence-corrected chi connectivity index (χ2v) is 5.48. The van der Waals surface area contributed by atoms with E-state index in [2.05, 4.69) is 0 Å². The highest BCUT2D eigenvalue weighted by atomic mass is 28.5. The Balaban J connectivity index is 2.01. The first-order valence-electron chi connectivity index (χ1n) is 2.94. The molecule has 0 spiro atoms. The number of hydrogen-bond donors (Lipinski definition) is 0. The van der Waals surface area contributed by atoms with Gasteiger partial charge in [0.15, 0.2) is 0 Å². The fraction of sp³-hybridized carbons (Fsp3) is 1.00. The number of hydroxylamine groups is 2. The lowest BCUT2D eigenvalue weighted by Gasteiger charge is -2.27. The average Bonchev–Trinajstić information content (AvgIpc) is 1.78. The summed E-state index contributed by atoms with van der Waals surface area (Å²) in [5, 5.41) is 1.74. The van der Waals surface area contributed by atoms with Gasteiger partial charge in [0.25, 0.3) is 10.0 Å². The average molecular weight is 165 g/mol. The molecule has 1 saturated heterocycles. The third kappa shape index (κ3) is 2.16. The summed E-state index contributed by atoms with van der Waals surface area (Å²) in [6.07, 6.45) is 0. The van der Waals surface area contributed by atoms with E-state index in [1.165, 1.54) is 0 Å². The summed E-state index contributed by atoms with van der Waals surface area (Å²) in [7, 11) is -0.297. The Morgan fingerprint density at radius 1 is 1.67 bits per heavy atom. The van der Waals surface area contributed by atoms with Crippen molar-refractivity contribution in [1.82, 2.24) is 5.06 Å². The van der Waals surface area contributed by atoms with Crippen LogP contribution in [0.15, 0.2) is 0 Å². The van der Waals surface area contributed by atoms with Crippen LogP contribution >= 0.6 is 0 Å². The number of hydrogen-bond acceptors (Lipinski definition) is 4. The molecule has 0 atom stereocenters. The van der Waals surface area contributed by atoms with E-state index in [1.807, 2.05) is 14.0 Å². The first-order chi connectivity index (χ1) is 4.33. The quantitative estimate of drug-likeness (QED) is 0.381. The Kier molecular flexibility index (Phi) is 2.82. The maximum absolute atomic E-state index is 5.20. The summed E-state index contributed by atoms with van der Waals surface area (Å²) in [4.78, 5) is 0. The molecule has 0 unspecified atom stereocenters. The van der Waals surface area contributed by atoms with E-state index in [0.717, 1.165) is 6.54 Å².